The number of hydrogen-bond donors (Lipinski definition) is 0. The molecule has 2 nitrogen and oxygen atoms in total. The Hall–Kier alpha value is -1.22. The highest BCUT2D eigenvalue weighted by Crippen LogP contribution is 2.32. The Kier molecular flexibility index (Phi) is 4.26. The second-order valence-corrected chi connectivity index (χ2v) is 4.63. The number of carbonyl (C=O) groups is 1. The zero-order valence-electron chi connectivity index (χ0n) is 9.82. The number of Topliss-reactive ketones (excluding diaryl/α,β-unsaturated/α-hetero) is 1. The van der Waals surface area contributed by atoms with Gasteiger partial charge in [0, 0.05) is 13.0 Å². The zero-order chi connectivity index (χ0) is 12.1. The molecule has 0 spiro atoms. The molecule has 92 valence electrons. The lowest BCUT2D eigenvalue weighted by Crippen LogP contribution is -2.12. The maximum atomic E-state index is 12.6. The van der Waals surface area contributed by atoms with Gasteiger partial charge in [-0.05, 0) is 30.0 Å². The third kappa shape index (κ3) is 4.65. The molecule has 2 rings (SSSR count). The first kappa shape index (κ1) is 12.2. The highest BCUT2D eigenvalue weighted by molar-refractivity contribution is 5.82. The fourth-order valence-corrected chi connectivity index (χ4v) is 1.72. The highest BCUT2D eigenvalue weighted by atomic mass is 19.1. The van der Waals surface area contributed by atoms with E-state index in [1.54, 1.807) is 12.1 Å². The van der Waals surface area contributed by atoms with Crippen molar-refractivity contribution in [3.05, 3.63) is 35.6 Å². The summed E-state index contributed by atoms with van der Waals surface area (Å²) in [6.07, 6.45) is 4.02. The molecular weight excluding hydrogens is 219 g/mol. The summed E-state index contributed by atoms with van der Waals surface area (Å²) in [4.78, 5) is 11.5. The minimum absolute atomic E-state index is 0.0485. The Labute approximate surface area is 101 Å². The Balaban J connectivity index is 1.63. The minimum Gasteiger partial charge on any atom is -0.374 e. The van der Waals surface area contributed by atoms with Crippen molar-refractivity contribution in [3.63, 3.8) is 0 Å². The lowest BCUT2D eigenvalue weighted by atomic mass is 10.1. The summed E-state index contributed by atoms with van der Waals surface area (Å²) >= 11 is 0. The van der Waals surface area contributed by atoms with Crippen molar-refractivity contribution in [2.24, 2.45) is 5.92 Å². The van der Waals surface area contributed by atoms with Gasteiger partial charge in [-0.1, -0.05) is 25.0 Å². The predicted molar refractivity (Wildman–Crippen MR) is 63.3 cm³/mol. The number of ketones is 1. The van der Waals surface area contributed by atoms with Crippen molar-refractivity contribution in [2.45, 2.75) is 25.7 Å². The molecule has 17 heavy (non-hydrogen) atoms. The second-order valence-electron chi connectivity index (χ2n) is 4.63. The molecule has 1 saturated carbocycles. The number of ether oxygens (including phenoxy) is 1. The van der Waals surface area contributed by atoms with Crippen molar-refractivity contribution in [1.29, 1.82) is 0 Å². The summed E-state index contributed by atoms with van der Waals surface area (Å²) in [7, 11) is 0. The van der Waals surface area contributed by atoms with Crippen molar-refractivity contribution in [2.75, 3.05) is 13.2 Å². The summed E-state index contributed by atoms with van der Waals surface area (Å²) in [6.45, 7) is 0.851. The maximum Gasteiger partial charge on any atom is 0.162 e. The van der Waals surface area contributed by atoms with Crippen LogP contribution in [0.4, 0.5) is 4.39 Å². The average molecular weight is 236 g/mol. The van der Waals surface area contributed by atoms with Crippen molar-refractivity contribution in [3.8, 4) is 0 Å². The van der Waals surface area contributed by atoms with E-state index in [1.807, 2.05) is 0 Å². The summed E-state index contributed by atoms with van der Waals surface area (Å²) in [5, 5.41) is 0. The van der Waals surface area contributed by atoms with Gasteiger partial charge in [-0.25, -0.2) is 4.39 Å². The van der Waals surface area contributed by atoms with Gasteiger partial charge in [-0.15, -0.1) is 0 Å². The summed E-state index contributed by atoms with van der Waals surface area (Å²) in [5.74, 6) is 0.608. The molecule has 0 saturated heterocycles. The molecule has 1 aromatic rings. The van der Waals surface area contributed by atoms with Crippen LogP contribution in [0.25, 0.3) is 0 Å². The van der Waals surface area contributed by atoms with E-state index < -0.39 is 0 Å². The van der Waals surface area contributed by atoms with Gasteiger partial charge in [-0.3, -0.25) is 4.79 Å². The zero-order valence-corrected chi connectivity index (χ0v) is 9.82. The van der Waals surface area contributed by atoms with Crippen molar-refractivity contribution >= 4 is 5.78 Å². The van der Waals surface area contributed by atoms with E-state index in [0.29, 0.717) is 13.0 Å². The molecule has 0 N–H and O–H groups in total. The average Bonchev–Trinajstić information content (AvgIpc) is 3.12. The van der Waals surface area contributed by atoms with Crippen LogP contribution in [-0.2, 0) is 16.0 Å². The Morgan fingerprint density at radius 1 is 1.29 bits per heavy atom. The lowest BCUT2D eigenvalue weighted by Gasteiger charge is -2.03. The summed E-state index contributed by atoms with van der Waals surface area (Å²) in [6, 6.07) is 6.02. The van der Waals surface area contributed by atoms with E-state index in [0.717, 1.165) is 17.9 Å². The van der Waals surface area contributed by atoms with Gasteiger partial charge < -0.3 is 4.74 Å². The van der Waals surface area contributed by atoms with Gasteiger partial charge >= 0.3 is 0 Å². The molecule has 1 aromatic carbocycles. The number of rotatable bonds is 7. The number of halogens is 1. The van der Waals surface area contributed by atoms with Crippen LogP contribution in [0, 0.1) is 11.7 Å². The van der Waals surface area contributed by atoms with Crippen LogP contribution < -0.4 is 0 Å². The van der Waals surface area contributed by atoms with Crippen LogP contribution in [0.2, 0.25) is 0 Å². The molecule has 1 aliphatic rings. The van der Waals surface area contributed by atoms with E-state index in [4.69, 9.17) is 4.74 Å². The first-order valence-electron chi connectivity index (χ1n) is 6.08. The first-order chi connectivity index (χ1) is 8.24. The Bertz CT molecular complexity index is 368. The van der Waals surface area contributed by atoms with Crippen LogP contribution in [0.15, 0.2) is 24.3 Å². The molecule has 1 aliphatic carbocycles. The summed E-state index contributed by atoms with van der Waals surface area (Å²) < 4.78 is 18.0. The highest BCUT2D eigenvalue weighted by Gasteiger charge is 2.20. The number of benzene rings is 1. The van der Waals surface area contributed by atoms with E-state index in [-0.39, 0.29) is 18.2 Å². The van der Waals surface area contributed by atoms with Gasteiger partial charge in [0.2, 0.25) is 0 Å². The van der Waals surface area contributed by atoms with Crippen molar-refractivity contribution in [1.82, 2.24) is 0 Å². The summed E-state index contributed by atoms with van der Waals surface area (Å²) in [5.41, 5.74) is 0.835. The minimum atomic E-state index is -0.276. The Morgan fingerprint density at radius 2 is 2.00 bits per heavy atom. The van der Waals surface area contributed by atoms with Crippen LogP contribution >= 0.6 is 0 Å². The number of hydrogen-bond acceptors (Lipinski definition) is 2. The third-order valence-corrected chi connectivity index (χ3v) is 2.94. The van der Waals surface area contributed by atoms with Gasteiger partial charge in [0.05, 0.1) is 0 Å². The molecule has 0 heterocycles. The second kappa shape index (κ2) is 5.92. The van der Waals surface area contributed by atoms with Gasteiger partial charge in [0.25, 0.3) is 0 Å². The molecule has 3 heteroatoms. The molecule has 0 radical (unpaired) electrons. The van der Waals surface area contributed by atoms with Crippen LogP contribution in [0.3, 0.4) is 0 Å². The molecule has 0 bridgehead atoms. The van der Waals surface area contributed by atoms with E-state index in [2.05, 4.69) is 0 Å². The monoisotopic (exact) mass is 236 g/mol. The molecule has 0 aromatic heterocycles. The Morgan fingerprint density at radius 3 is 2.65 bits per heavy atom. The van der Waals surface area contributed by atoms with Crippen LogP contribution in [0.1, 0.15) is 24.8 Å². The smallest absolute Gasteiger partial charge is 0.162 e. The largest absolute Gasteiger partial charge is 0.374 e. The SMILES string of the molecule is O=C(COCCC1CC1)Cc1ccc(F)cc1. The molecule has 0 unspecified atom stereocenters. The van der Waals surface area contributed by atoms with E-state index in [1.165, 1.54) is 25.0 Å². The van der Waals surface area contributed by atoms with E-state index >= 15 is 0 Å². The molecular formula is C14H17FO2. The lowest BCUT2D eigenvalue weighted by molar-refractivity contribution is -0.123. The molecule has 0 aliphatic heterocycles. The van der Waals surface area contributed by atoms with Gasteiger partial charge in [0.1, 0.15) is 12.4 Å². The van der Waals surface area contributed by atoms with Crippen LogP contribution in [-0.4, -0.2) is 19.0 Å². The molecule has 1 fully saturated rings. The van der Waals surface area contributed by atoms with E-state index in [9.17, 15) is 9.18 Å². The fourth-order valence-electron chi connectivity index (χ4n) is 1.72. The number of carbonyl (C=O) groups excluding carboxylic acids is 1. The molecule has 0 atom stereocenters. The first-order valence-corrected chi connectivity index (χ1v) is 6.08. The van der Waals surface area contributed by atoms with Crippen molar-refractivity contribution < 1.29 is 13.9 Å². The normalized spacial score (nSPS) is 14.9. The topological polar surface area (TPSA) is 26.3 Å². The third-order valence-electron chi connectivity index (χ3n) is 2.94. The van der Waals surface area contributed by atoms with Gasteiger partial charge in [0.15, 0.2) is 5.78 Å². The maximum absolute atomic E-state index is 12.6. The van der Waals surface area contributed by atoms with Crippen LogP contribution in [0.5, 0.6) is 0 Å². The van der Waals surface area contributed by atoms with Gasteiger partial charge in [-0.2, -0.15) is 0 Å². The standard InChI is InChI=1S/C14H17FO2/c15-13-5-3-12(4-6-13)9-14(16)10-17-8-7-11-1-2-11/h3-6,11H,1-2,7-10H2. The predicted octanol–water partition coefficient (Wildman–Crippen LogP) is 2.75. The fraction of sp³-hybridized carbons (Fsp3) is 0.500. The molecule has 0 amide bonds. The quantitative estimate of drug-likeness (QED) is 0.680.